The maximum atomic E-state index is 12.5. The van der Waals surface area contributed by atoms with Crippen molar-refractivity contribution in [3.05, 3.63) is 59.3 Å². The molecule has 0 fully saturated rings. The number of rotatable bonds is 6. The SMILES string of the molecule is CCOC1=CC(=[N+]=[N-])C(OCC)C=C1C(=O)Nc1ccccc1. The fourth-order valence-corrected chi connectivity index (χ4v) is 2.19. The van der Waals surface area contributed by atoms with E-state index in [4.69, 9.17) is 15.0 Å². The lowest BCUT2D eigenvalue weighted by atomic mass is 10.00. The lowest BCUT2D eigenvalue weighted by Crippen LogP contribution is -2.30. The largest absolute Gasteiger partial charge is 0.493 e. The van der Waals surface area contributed by atoms with Gasteiger partial charge in [-0.05, 0) is 32.1 Å². The van der Waals surface area contributed by atoms with E-state index in [-0.39, 0.29) is 5.91 Å². The number of carbonyl (C=O) groups is 1. The second-order valence-corrected chi connectivity index (χ2v) is 4.74. The maximum absolute atomic E-state index is 12.5. The highest BCUT2D eigenvalue weighted by Gasteiger charge is 2.31. The Hall–Kier alpha value is -2.69. The minimum Gasteiger partial charge on any atom is -0.493 e. The molecule has 1 aromatic rings. The molecule has 6 nitrogen and oxygen atoms in total. The van der Waals surface area contributed by atoms with Gasteiger partial charge in [-0.1, -0.05) is 18.2 Å². The van der Waals surface area contributed by atoms with Crippen LogP contribution >= 0.6 is 0 Å². The summed E-state index contributed by atoms with van der Waals surface area (Å²) in [5.41, 5.74) is 10.4. The van der Waals surface area contributed by atoms with Crippen LogP contribution in [0.4, 0.5) is 5.69 Å². The van der Waals surface area contributed by atoms with Gasteiger partial charge >= 0.3 is 5.71 Å². The van der Waals surface area contributed by atoms with Gasteiger partial charge in [0, 0.05) is 12.3 Å². The smallest absolute Gasteiger partial charge is 0.328 e. The lowest BCUT2D eigenvalue weighted by Gasteiger charge is -2.19. The van der Waals surface area contributed by atoms with Crippen molar-refractivity contribution in [2.24, 2.45) is 0 Å². The number of nitrogens with zero attached hydrogens (tertiary/aromatic N) is 2. The molecule has 1 aliphatic carbocycles. The maximum Gasteiger partial charge on any atom is 0.328 e. The number of anilines is 1. The summed E-state index contributed by atoms with van der Waals surface area (Å²) in [4.78, 5) is 15.8. The van der Waals surface area contributed by atoms with Gasteiger partial charge < -0.3 is 20.3 Å². The van der Waals surface area contributed by atoms with E-state index < -0.39 is 6.10 Å². The lowest BCUT2D eigenvalue weighted by molar-refractivity contribution is -0.113. The molecule has 23 heavy (non-hydrogen) atoms. The van der Waals surface area contributed by atoms with Crippen molar-refractivity contribution in [3.63, 3.8) is 0 Å². The third-order valence-corrected chi connectivity index (χ3v) is 3.19. The number of amides is 1. The van der Waals surface area contributed by atoms with Crippen LogP contribution in [0.25, 0.3) is 5.53 Å². The molecule has 6 heteroatoms. The number of carbonyl (C=O) groups excluding carboxylic acids is 1. The predicted octanol–water partition coefficient (Wildman–Crippen LogP) is 2.56. The second-order valence-electron chi connectivity index (χ2n) is 4.74. The summed E-state index contributed by atoms with van der Waals surface area (Å²) < 4.78 is 11.0. The highest BCUT2D eigenvalue weighted by molar-refractivity contribution is 6.10. The Morgan fingerprint density at radius 3 is 2.61 bits per heavy atom. The molecule has 1 aromatic carbocycles. The van der Waals surface area contributed by atoms with Crippen molar-refractivity contribution >= 4 is 17.3 Å². The van der Waals surface area contributed by atoms with Crippen LogP contribution in [0.5, 0.6) is 0 Å². The monoisotopic (exact) mass is 313 g/mol. The Labute approximate surface area is 135 Å². The van der Waals surface area contributed by atoms with Gasteiger partial charge in [-0.3, -0.25) is 4.79 Å². The quantitative estimate of drug-likeness (QED) is 0.647. The summed E-state index contributed by atoms with van der Waals surface area (Å²) in [5.74, 6) is 0.0438. The van der Waals surface area contributed by atoms with E-state index in [1.54, 1.807) is 18.2 Å². The molecule has 1 atom stereocenters. The molecule has 1 amide bonds. The first kappa shape index (κ1) is 16.7. The van der Waals surface area contributed by atoms with E-state index in [9.17, 15) is 4.79 Å². The molecular weight excluding hydrogens is 294 g/mol. The molecule has 0 saturated carbocycles. The zero-order valence-electron chi connectivity index (χ0n) is 13.2. The summed E-state index contributed by atoms with van der Waals surface area (Å²) in [5, 5.41) is 2.81. The minimum atomic E-state index is -0.592. The second kappa shape index (κ2) is 8.08. The average molecular weight is 313 g/mol. The van der Waals surface area contributed by atoms with Gasteiger partial charge in [-0.15, -0.1) is 0 Å². The molecule has 1 aliphatic rings. The first-order valence-electron chi connectivity index (χ1n) is 7.46. The van der Waals surface area contributed by atoms with Gasteiger partial charge in [-0.25, -0.2) is 0 Å². The first-order valence-corrected chi connectivity index (χ1v) is 7.46. The fourth-order valence-electron chi connectivity index (χ4n) is 2.19. The van der Waals surface area contributed by atoms with E-state index in [0.717, 1.165) is 0 Å². The molecule has 0 radical (unpaired) electrons. The summed E-state index contributed by atoms with van der Waals surface area (Å²) in [6, 6.07) is 9.14. The Bertz CT molecular complexity index is 674. The van der Waals surface area contributed by atoms with Crippen molar-refractivity contribution in [2.45, 2.75) is 20.0 Å². The van der Waals surface area contributed by atoms with E-state index in [1.165, 1.54) is 6.08 Å². The Morgan fingerprint density at radius 2 is 2.00 bits per heavy atom. The van der Waals surface area contributed by atoms with Gasteiger partial charge in [0.2, 0.25) is 0 Å². The van der Waals surface area contributed by atoms with Crippen LogP contribution in [0.2, 0.25) is 0 Å². The summed E-state index contributed by atoms with van der Waals surface area (Å²) >= 11 is 0. The van der Waals surface area contributed by atoms with Gasteiger partial charge in [0.15, 0.2) is 6.10 Å². The van der Waals surface area contributed by atoms with Gasteiger partial charge in [0.25, 0.3) is 5.91 Å². The van der Waals surface area contributed by atoms with E-state index in [1.807, 2.05) is 32.0 Å². The zero-order valence-corrected chi connectivity index (χ0v) is 13.2. The molecule has 1 N–H and O–H groups in total. The van der Waals surface area contributed by atoms with Gasteiger partial charge in [-0.2, -0.15) is 4.79 Å². The van der Waals surface area contributed by atoms with Crippen molar-refractivity contribution < 1.29 is 19.1 Å². The molecule has 0 spiro atoms. The minimum absolute atomic E-state index is 0.298. The number of ether oxygens (including phenoxy) is 2. The number of benzene rings is 1. The van der Waals surface area contributed by atoms with Crippen LogP contribution in [0.1, 0.15) is 13.8 Å². The number of nitrogens with one attached hydrogen (secondary N) is 1. The highest BCUT2D eigenvalue weighted by Crippen LogP contribution is 2.22. The van der Waals surface area contributed by atoms with E-state index in [0.29, 0.717) is 35.9 Å². The Balaban J connectivity index is 2.29. The summed E-state index contributed by atoms with van der Waals surface area (Å²) in [6.07, 6.45) is 2.52. The molecule has 0 bridgehead atoms. The average Bonchev–Trinajstić information content (AvgIpc) is 2.57. The molecule has 2 rings (SSSR count). The molecule has 0 heterocycles. The van der Waals surface area contributed by atoms with Gasteiger partial charge in [0.1, 0.15) is 5.76 Å². The van der Waals surface area contributed by atoms with Crippen molar-refractivity contribution in [1.82, 2.24) is 0 Å². The molecular formula is C17H19N3O3. The Morgan fingerprint density at radius 1 is 1.26 bits per heavy atom. The molecule has 0 saturated heterocycles. The fraction of sp³-hybridized carbons (Fsp3) is 0.294. The topological polar surface area (TPSA) is 84.0 Å². The number of para-hydroxylation sites is 1. The van der Waals surface area contributed by atoms with Crippen LogP contribution in [0, 0.1) is 0 Å². The van der Waals surface area contributed by atoms with Crippen molar-refractivity contribution in [2.75, 3.05) is 18.5 Å². The van der Waals surface area contributed by atoms with E-state index >= 15 is 0 Å². The van der Waals surface area contributed by atoms with Crippen LogP contribution in [-0.2, 0) is 14.3 Å². The van der Waals surface area contributed by atoms with Crippen LogP contribution in [0.3, 0.4) is 0 Å². The molecule has 1 unspecified atom stereocenters. The molecule has 0 aromatic heterocycles. The highest BCUT2D eigenvalue weighted by atomic mass is 16.5. The standard InChI is InChI=1S/C17H19N3O3/c1-3-22-15-11-14(20-18)16(23-4-2)10-13(15)17(21)19-12-8-6-5-7-9-12/h5-11,16H,3-4H2,1-2H3,(H,19,21). The normalized spacial score (nSPS) is 17.0. The summed E-state index contributed by atoms with van der Waals surface area (Å²) in [7, 11) is 0. The van der Waals surface area contributed by atoms with Crippen LogP contribution in [-0.4, -0.2) is 35.7 Å². The van der Waals surface area contributed by atoms with Crippen molar-refractivity contribution in [1.29, 1.82) is 0 Å². The third-order valence-electron chi connectivity index (χ3n) is 3.19. The number of hydrogen-bond acceptors (Lipinski definition) is 3. The van der Waals surface area contributed by atoms with E-state index in [2.05, 4.69) is 10.1 Å². The third kappa shape index (κ3) is 4.16. The van der Waals surface area contributed by atoms with Crippen molar-refractivity contribution in [3.8, 4) is 0 Å². The number of hydrogen-bond donors (Lipinski definition) is 1. The van der Waals surface area contributed by atoms with Crippen LogP contribution < -0.4 is 5.32 Å². The van der Waals surface area contributed by atoms with Gasteiger partial charge in [0.05, 0.1) is 18.3 Å². The predicted molar refractivity (Wildman–Crippen MR) is 86.9 cm³/mol. The molecule has 120 valence electrons. The first-order chi connectivity index (χ1) is 11.2. The summed E-state index contributed by atoms with van der Waals surface area (Å²) in [6.45, 7) is 4.46. The van der Waals surface area contributed by atoms with Crippen LogP contribution in [0.15, 0.2) is 53.8 Å². The molecule has 0 aliphatic heterocycles. The zero-order chi connectivity index (χ0) is 16.7. The Kier molecular flexibility index (Phi) is 5.86.